The molecule has 2 aromatic carbocycles. The third-order valence-electron chi connectivity index (χ3n) is 3.25. The van der Waals surface area contributed by atoms with Gasteiger partial charge >= 0.3 is 0 Å². The van der Waals surface area contributed by atoms with Crippen LogP contribution in [0, 0.1) is 11.6 Å². The third-order valence-corrected chi connectivity index (χ3v) is 3.25. The highest BCUT2D eigenvalue weighted by Gasteiger charge is 2.18. The summed E-state index contributed by atoms with van der Waals surface area (Å²) in [6.45, 7) is -0.0614. The topological polar surface area (TPSA) is 69.6 Å². The Bertz CT molecular complexity index is 676. The Morgan fingerprint density at radius 1 is 1.09 bits per heavy atom. The van der Waals surface area contributed by atoms with Crippen LogP contribution in [0.25, 0.3) is 0 Å². The van der Waals surface area contributed by atoms with Gasteiger partial charge < -0.3 is 15.5 Å². The molecule has 1 unspecified atom stereocenters. The number of carbonyl (C=O) groups excluding carboxylic acids is 1. The molecule has 0 aromatic heterocycles. The molecule has 3 N–H and O–H groups in total. The SMILES string of the molecule is O=C(NCc1ccccc1CO)C(O)c1ccc(F)c(F)c1. The Hall–Kier alpha value is -2.31. The molecule has 0 aliphatic rings. The van der Waals surface area contributed by atoms with Crippen LogP contribution in [0.1, 0.15) is 22.8 Å². The van der Waals surface area contributed by atoms with E-state index in [1.807, 2.05) is 0 Å². The highest BCUT2D eigenvalue weighted by Crippen LogP contribution is 2.17. The van der Waals surface area contributed by atoms with Gasteiger partial charge in [0.15, 0.2) is 17.7 Å². The fourth-order valence-corrected chi connectivity index (χ4v) is 2.00. The van der Waals surface area contributed by atoms with Crippen LogP contribution in [0.3, 0.4) is 0 Å². The van der Waals surface area contributed by atoms with Crippen LogP contribution in [-0.2, 0) is 17.9 Å². The molecule has 0 saturated heterocycles. The lowest BCUT2D eigenvalue weighted by Crippen LogP contribution is -2.29. The van der Waals surface area contributed by atoms with Crippen molar-refractivity contribution in [3.8, 4) is 0 Å². The Labute approximate surface area is 126 Å². The van der Waals surface area contributed by atoms with Crippen LogP contribution in [-0.4, -0.2) is 16.1 Å². The van der Waals surface area contributed by atoms with Crippen molar-refractivity contribution in [1.29, 1.82) is 0 Å². The van der Waals surface area contributed by atoms with Gasteiger partial charge in [0, 0.05) is 6.54 Å². The largest absolute Gasteiger partial charge is 0.392 e. The molecule has 0 fully saturated rings. The maximum Gasteiger partial charge on any atom is 0.253 e. The zero-order valence-corrected chi connectivity index (χ0v) is 11.6. The van der Waals surface area contributed by atoms with Gasteiger partial charge in [-0.3, -0.25) is 4.79 Å². The molecule has 4 nitrogen and oxygen atoms in total. The second kappa shape index (κ2) is 7.11. The summed E-state index contributed by atoms with van der Waals surface area (Å²) in [7, 11) is 0. The third kappa shape index (κ3) is 3.66. The molecule has 1 amide bonds. The lowest BCUT2D eigenvalue weighted by Gasteiger charge is -2.13. The molecular weight excluding hydrogens is 292 g/mol. The van der Waals surface area contributed by atoms with Crippen molar-refractivity contribution in [2.24, 2.45) is 0 Å². The van der Waals surface area contributed by atoms with E-state index in [0.29, 0.717) is 11.1 Å². The molecule has 2 rings (SSSR count). The average Bonchev–Trinajstić information content (AvgIpc) is 2.54. The molecule has 0 aliphatic carbocycles. The Kier molecular flexibility index (Phi) is 5.19. The van der Waals surface area contributed by atoms with Gasteiger partial charge in [-0.05, 0) is 28.8 Å². The summed E-state index contributed by atoms with van der Waals surface area (Å²) in [4.78, 5) is 11.9. The van der Waals surface area contributed by atoms with Crippen molar-refractivity contribution in [3.63, 3.8) is 0 Å². The van der Waals surface area contributed by atoms with Gasteiger partial charge in [0.25, 0.3) is 5.91 Å². The minimum absolute atomic E-state index is 0.0353. The van der Waals surface area contributed by atoms with Crippen molar-refractivity contribution < 1.29 is 23.8 Å². The van der Waals surface area contributed by atoms with Crippen molar-refractivity contribution >= 4 is 5.91 Å². The summed E-state index contributed by atoms with van der Waals surface area (Å²) in [6.07, 6.45) is -1.60. The first-order chi connectivity index (χ1) is 10.5. The minimum Gasteiger partial charge on any atom is -0.392 e. The number of rotatable bonds is 5. The van der Waals surface area contributed by atoms with E-state index < -0.39 is 23.6 Å². The maximum absolute atomic E-state index is 13.1. The smallest absolute Gasteiger partial charge is 0.253 e. The average molecular weight is 307 g/mol. The number of halogens is 2. The molecular formula is C16H15F2NO3. The normalized spacial score (nSPS) is 12.0. The van der Waals surface area contributed by atoms with Gasteiger partial charge in [0.05, 0.1) is 6.61 Å². The summed E-state index contributed by atoms with van der Waals surface area (Å²) in [5.41, 5.74) is 1.33. The van der Waals surface area contributed by atoms with Crippen LogP contribution >= 0.6 is 0 Å². The summed E-state index contributed by atoms with van der Waals surface area (Å²) < 4.78 is 25.9. The maximum atomic E-state index is 13.1. The fourth-order valence-electron chi connectivity index (χ4n) is 2.00. The number of amides is 1. The molecule has 0 saturated carbocycles. The summed E-state index contributed by atoms with van der Waals surface area (Å²) >= 11 is 0. The van der Waals surface area contributed by atoms with Crippen LogP contribution in [0.5, 0.6) is 0 Å². The molecule has 6 heteroatoms. The van der Waals surface area contributed by atoms with Crippen LogP contribution < -0.4 is 5.32 Å². The Balaban J connectivity index is 2.03. The number of aliphatic hydroxyl groups excluding tert-OH is 2. The lowest BCUT2D eigenvalue weighted by atomic mass is 10.1. The molecule has 0 bridgehead atoms. The number of aliphatic hydroxyl groups is 2. The number of hydrogen-bond acceptors (Lipinski definition) is 3. The van der Waals surface area contributed by atoms with Crippen molar-refractivity contribution in [1.82, 2.24) is 5.32 Å². The monoisotopic (exact) mass is 307 g/mol. The van der Waals surface area contributed by atoms with Gasteiger partial charge in [-0.25, -0.2) is 8.78 Å². The van der Waals surface area contributed by atoms with E-state index in [0.717, 1.165) is 18.2 Å². The van der Waals surface area contributed by atoms with Crippen LogP contribution in [0.15, 0.2) is 42.5 Å². The summed E-state index contributed by atoms with van der Waals surface area (Å²) in [6, 6.07) is 9.73. The van der Waals surface area contributed by atoms with E-state index in [-0.39, 0.29) is 18.7 Å². The lowest BCUT2D eigenvalue weighted by molar-refractivity contribution is -0.129. The van der Waals surface area contributed by atoms with Crippen molar-refractivity contribution in [2.75, 3.05) is 0 Å². The second-order valence-electron chi connectivity index (χ2n) is 4.72. The van der Waals surface area contributed by atoms with Crippen molar-refractivity contribution in [2.45, 2.75) is 19.3 Å². The first-order valence-corrected chi connectivity index (χ1v) is 6.61. The van der Waals surface area contributed by atoms with E-state index in [9.17, 15) is 23.8 Å². The quantitative estimate of drug-likeness (QED) is 0.789. The summed E-state index contributed by atoms with van der Waals surface area (Å²) in [5, 5.41) is 21.5. The number of carbonyl (C=O) groups is 1. The zero-order valence-electron chi connectivity index (χ0n) is 11.6. The highest BCUT2D eigenvalue weighted by molar-refractivity contribution is 5.81. The Morgan fingerprint density at radius 3 is 2.41 bits per heavy atom. The Morgan fingerprint density at radius 2 is 1.77 bits per heavy atom. The van der Waals surface area contributed by atoms with Gasteiger partial charge in [-0.15, -0.1) is 0 Å². The second-order valence-corrected chi connectivity index (χ2v) is 4.72. The van der Waals surface area contributed by atoms with Gasteiger partial charge in [0.2, 0.25) is 0 Å². The van der Waals surface area contributed by atoms with Gasteiger partial charge in [-0.2, -0.15) is 0 Å². The highest BCUT2D eigenvalue weighted by atomic mass is 19.2. The molecule has 116 valence electrons. The van der Waals surface area contributed by atoms with Gasteiger partial charge in [0.1, 0.15) is 0 Å². The van der Waals surface area contributed by atoms with E-state index in [2.05, 4.69) is 5.32 Å². The molecule has 0 aliphatic heterocycles. The number of benzene rings is 2. The number of nitrogens with one attached hydrogen (secondary N) is 1. The van der Waals surface area contributed by atoms with E-state index in [4.69, 9.17) is 0 Å². The molecule has 0 radical (unpaired) electrons. The number of hydrogen-bond donors (Lipinski definition) is 3. The molecule has 2 aromatic rings. The van der Waals surface area contributed by atoms with E-state index >= 15 is 0 Å². The van der Waals surface area contributed by atoms with Crippen LogP contribution in [0.2, 0.25) is 0 Å². The van der Waals surface area contributed by atoms with E-state index in [1.165, 1.54) is 0 Å². The van der Waals surface area contributed by atoms with Crippen molar-refractivity contribution in [3.05, 3.63) is 70.8 Å². The zero-order chi connectivity index (χ0) is 16.1. The first kappa shape index (κ1) is 16.1. The molecule has 22 heavy (non-hydrogen) atoms. The fraction of sp³-hybridized carbons (Fsp3) is 0.188. The molecule has 0 heterocycles. The predicted molar refractivity (Wildman–Crippen MR) is 75.5 cm³/mol. The van der Waals surface area contributed by atoms with E-state index in [1.54, 1.807) is 24.3 Å². The first-order valence-electron chi connectivity index (χ1n) is 6.61. The van der Waals surface area contributed by atoms with Crippen LogP contribution in [0.4, 0.5) is 8.78 Å². The minimum atomic E-state index is -1.60. The molecule has 0 spiro atoms. The summed E-state index contributed by atoms with van der Waals surface area (Å²) in [5.74, 6) is -2.91. The van der Waals surface area contributed by atoms with Gasteiger partial charge in [-0.1, -0.05) is 30.3 Å². The standard InChI is InChI=1S/C16H15F2NO3/c17-13-6-5-10(7-14(13)18)15(21)16(22)19-8-11-3-1-2-4-12(11)9-20/h1-7,15,20-21H,8-9H2,(H,19,22). The predicted octanol–water partition coefficient (Wildman–Crippen LogP) is 1.81. The molecule has 1 atom stereocenters.